The zero-order valence-electron chi connectivity index (χ0n) is 20.2. The van der Waals surface area contributed by atoms with Crippen molar-refractivity contribution in [1.82, 2.24) is 19.9 Å². The Hall–Kier alpha value is -3.61. The molecule has 0 spiro atoms. The summed E-state index contributed by atoms with van der Waals surface area (Å²) in [7, 11) is 0. The molecule has 2 aromatic heterocycles. The molecule has 1 amide bonds. The SMILES string of the molecule is Cc1c(C(=O)NC(C)(C)c2cc(Cl)cc(Cl)c2)nn2c(C)c(-c3ccc4ccccc4c3)[nH]c(=O)c12. The number of benzene rings is 3. The van der Waals surface area contributed by atoms with Crippen LogP contribution in [0.1, 0.15) is 41.2 Å². The lowest BCUT2D eigenvalue weighted by Crippen LogP contribution is -2.41. The first-order valence-corrected chi connectivity index (χ1v) is 12.2. The molecule has 2 N–H and O–H groups in total. The van der Waals surface area contributed by atoms with Gasteiger partial charge in [-0.2, -0.15) is 5.10 Å². The van der Waals surface area contributed by atoms with Crippen LogP contribution in [0.4, 0.5) is 0 Å². The molecule has 2 heterocycles. The summed E-state index contributed by atoms with van der Waals surface area (Å²) in [6.45, 7) is 7.31. The predicted octanol–water partition coefficient (Wildman–Crippen LogP) is 6.43. The molecule has 3 aromatic carbocycles. The summed E-state index contributed by atoms with van der Waals surface area (Å²) in [6, 6.07) is 19.2. The van der Waals surface area contributed by atoms with E-state index in [-0.39, 0.29) is 11.3 Å². The van der Waals surface area contributed by atoms with E-state index in [1.165, 1.54) is 0 Å². The van der Waals surface area contributed by atoms with E-state index in [9.17, 15) is 9.59 Å². The fraction of sp³-hybridized carbons (Fsp3) is 0.179. The van der Waals surface area contributed by atoms with Crippen molar-refractivity contribution in [3.05, 3.63) is 104 Å². The molecule has 36 heavy (non-hydrogen) atoms. The van der Waals surface area contributed by atoms with E-state index in [0.717, 1.165) is 27.6 Å². The second-order valence-electron chi connectivity index (χ2n) is 9.45. The Morgan fingerprint density at radius 3 is 2.33 bits per heavy atom. The van der Waals surface area contributed by atoms with Crippen molar-refractivity contribution in [3.8, 4) is 11.3 Å². The summed E-state index contributed by atoms with van der Waals surface area (Å²) in [5, 5.41) is 10.7. The van der Waals surface area contributed by atoms with Gasteiger partial charge < -0.3 is 10.3 Å². The lowest BCUT2D eigenvalue weighted by Gasteiger charge is -2.27. The van der Waals surface area contributed by atoms with Crippen molar-refractivity contribution in [2.45, 2.75) is 33.2 Å². The van der Waals surface area contributed by atoms with Crippen LogP contribution in [0.2, 0.25) is 10.0 Å². The number of carbonyl (C=O) groups is 1. The fourth-order valence-corrected chi connectivity index (χ4v) is 5.07. The van der Waals surface area contributed by atoms with Crippen LogP contribution in [-0.4, -0.2) is 20.5 Å². The van der Waals surface area contributed by atoms with E-state index >= 15 is 0 Å². The fourth-order valence-electron chi connectivity index (χ4n) is 4.55. The monoisotopic (exact) mass is 518 g/mol. The van der Waals surface area contributed by atoms with Crippen LogP contribution in [0.25, 0.3) is 27.5 Å². The molecule has 6 nitrogen and oxygen atoms in total. The number of fused-ring (bicyclic) bond motifs is 2. The number of nitrogens with zero attached hydrogens (tertiary/aromatic N) is 2. The normalized spacial score (nSPS) is 11.8. The summed E-state index contributed by atoms with van der Waals surface area (Å²) in [4.78, 5) is 29.5. The van der Waals surface area contributed by atoms with E-state index in [1.54, 1.807) is 29.6 Å². The molecule has 182 valence electrons. The molecule has 0 unspecified atom stereocenters. The van der Waals surface area contributed by atoms with Gasteiger partial charge in [-0.25, -0.2) is 4.52 Å². The van der Waals surface area contributed by atoms with Gasteiger partial charge in [-0.1, -0.05) is 59.6 Å². The average molecular weight is 519 g/mol. The number of carbonyl (C=O) groups excluding carboxylic acids is 1. The molecule has 5 rings (SSSR count). The topological polar surface area (TPSA) is 79.3 Å². The van der Waals surface area contributed by atoms with Crippen LogP contribution < -0.4 is 10.9 Å². The van der Waals surface area contributed by atoms with Gasteiger partial charge in [0.15, 0.2) is 5.69 Å². The summed E-state index contributed by atoms with van der Waals surface area (Å²) in [5.41, 5.74) is 2.92. The van der Waals surface area contributed by atoms with Crippen LogP contribution in [0.5, 0.6) is 0 Å². The Bertz CT molecular complexity index is 1710. The number of H-pyrrole nitrogens is 1. The zero-order chi connectivity index (χ0) is 25.8. The van der Waals surface area contributed by atoms with Crippen molar-refractivity contribution < 1.29 is 4.79 Å². The Balaban J connectivity index is 1.57. The maximum atomic E-state index is 13.4. The molecule has 0 aliphatic rings. The molecule has 8 heteroatoms. The average Bonchev–Trinajstić information content (AvgIpc) is 3.18. The number of aryl methyl sites for hydroxylation is 2. The highest BCUT2D eigenvalue weighted by Crippen LogP contribution is 2.29. The number of halogens is 2. The van der Waals surface area contributed by atoms with E-state index < -0.39 is 11.4 Å². The van der Waals surface area contributed by atoms with E-state index in [2.05, 4.69) is 15.4 Å². The quantitative estimate of drug-likeness (QED) is 0.287. The molecule has 0 bridgehead atoms. The van der Waals surface area contributed by atoms with Crippen molar-refractivity contribution in [2.24, 2.45) is 0 Å². The number of aromatic nitrogens is 3. The van der Waals surface area contributed by atoms with Crippen molar-refractivity contribution >= 4 is 45.4 Å². The predicted molar refractivity (Wildman–Crippen MR) is 145 cm³/mol. The van der Waals surface area contributed by atoms with E-state index in [1.807, 2.05) is 63.2 Å². The summed E-state index contributed by atoms with van der Waals surface area (Å²) in [5.74, 6) is -0.400. The third-order valence-corrected chi connectivity index (χ3v) is 6.96. The number of amides is 1. The molecule has 0 radical (unpaired) electrons. The van der Waals surface area contributed by atoms with Gasteiger partial charge in [0.05, 0.1) is 16.9 Å². The first-order chi connectivity index (χ1) is 17.0. The molecule has 0 saturated carbocycles. The molecule has 0 atom stereocenters. The van der Waals surface area contributed by atoms with Crippen molar-refractivity contribution in [3.63, 3.8) is 0 Å². The minimum Gasteiger partial charge on any atom is -0.342 e. The van der Waals surface area contributed by atoms with Gasteiger partial charge in [-0.05, 0) is 68.3 Å². The Morgan fingerprint density at radius 1 is 0.972 bits per heavy atom. The first-order valence-electron chi connectivity index (χ1n) is 11.5. The number of hydrogen-bond acceptors (Lipinski definition) is 3. The van der Waals surface area contributed by atoms with Gasteiger partial charge in [-0.15, -0.1) is 0 Å². The number of nitrogens with one attached hydrogen (secondary N) is 2. The van der Waals surface area contributed by atoms with Gasteiger partial charge in [0.2, 0.25) is 0 Å². The summed E-state index contributed by atoms with van der Waals surface area (Å²) in [6.07, 6.45) is 0. The van der Waals surface area contributed by atoms with Crippen LogP contribution >= 0.6 is 23.2 Å². The van der Waals surface area contributed by atoms with Gasteiger partial charge in [0.1, 0.15) is 5.52 Å². The Labute approximate surface area is 217 Å². The van der Waals surface area contributed by atoms with Crippen LogP contribution in [0.3, 0.4) is 0 Å². The highest BCUT2D eigenvalue weighted by Gasteiger charge is 2.28. The molecule has 0 aliphatic heterocycles. The molecule has 5 aromatic rings. The molecule has 0 aliphatic carbocycles. The maximum absolute atomic E-state index is 13.4. The highest BCUT2D eigenvalue weighted by molar-refractivity contribution is 6.34. The zero-order valence-corrected chi connectivity index (χ0v) is 21.8. The second-order valence-corrected chi connectivity index (χ2v) is 10.3. The third-order valence-electron chi connectivity index (χ3n) is 6.52. The van der Waals surface area contributed by atoms with Gasteiger partial charge >= 0.3 is 0 Å². The minimum absolute atomic E-state index is 0.181. The van der Waals surface area contributed by atoms with Gasteiger partial charge in [0.25, 0.3) is 11.5 Å². The van der Waals surface area contributed by atoms with Crippen molar-refractivity contribution in [2.75, 3.05) is 0 Å². The highest BCUT2D eigenvalue weighted by atomic mass is 35.5. The molecular formula is C28H24Cl2N4O2. The lowest BCUT2D eigenvalue weighted by molar-refractivity contribution is 0.0906. The lowest BCUT2D eigenvalue weighted by atomic mass is 9.94. The van der Waals surface area contributed by atoms with Crippen LogP contribution in [-0.2, 0) is 5.54 Å². The summed E-state index contributed by atoms with van der Waals surface area (Å²) < 4.78 is 1.55. The Kier molecular flexibility index (Phi) is 5.89. The van der Waals surface area contributed by atoms with E-state index in [0.29, 0.717) is 26.8 Å². The number of aromatic amines is 1. The number of rotatable bonds is 4. The largest absolute Gasteiger partial charge is 0.342 e. The van der Waals surface area contributed by atoms with Crippen molar-refractivity contribution in [1.29, 1.82) is 0 Å². The molecule has 0 saturated heterocycles. The van der Waals surface area contributed by atoms with Crippen LogP contribution in [0.15, 0.2) is 65.5 Å². The van der Waals surface area contributed by atoms with Gasteiger partial charge in [0, 0.05) is 21.2 Å². The smallest absolute Gasteiger partial charge is 0.274 e. The molecular weight excluding hydrogens is 495 g/mol. The van der Waals surface area contributed by atoms with Gasteiger partial charge in [-0.3, -0.25) is 9.59 Å². The maximum Gasteiger partial charge on any atom is 0.274 e. The first kappa shape index (κ1) is 24.1. The minimum atomic E-state index is -0.786. The third kappa shape index (κ3) is 4.16. The van der Waals surface area contributed by atoms with Crippen LogP contribution in [0, 0.1) is 13.8 Å². The molecule has 0 fully saturated rings. The van der Waals surface area contributed by atoms with E-state index in [4.69, 9.17) is 23.2 Å². The standard InChI is InChI=1S/C28H24Cl2N4O2/c1-15-23(26(35)32-28(3,4)20-12-21(29)14-22(30)13-20)33-34-16(2)24(31-27(36)25(15)34)19-10-9-17-7-5-6-8-18(17)11-19/h5-14H,1-4H3,(H,31,36)(H,32,35). The number of hydrogen-bond donors (Lipinski definition) is 2. The Morgan fingerprint density at radius 2 is 1.64 bits per heavy atom. The summed E-state index contributed by atoms with van der Waals surface area (Å²) >= 11 is 12.3. The second kappa shape index (κ2) is 8.80.